The first-order valence-electron chi connectivity index (χ1n) is 44.9. The van der Waals surface area contributed by atoms with Crippen LogP contribution >= 0.6 is 12.4 Å². The zero-order valence-corrected chi connectivity index (χ0v) is 78.5. The number of aromatic hydroxyl groups is 6. The number of phenols is 6. The molecule has 10 aromatic carbocycles. The molecule has 16 N–H and O–H groups in total. The summed E-state index contributed by atoms with van der Waals surface area (Å²) in [7, 11) is 10.8. The minimum atomic E-state index is -2.24. The average molecular weight is 1900 g/mol. The first kappa shape index (κ1) is 103. The van der Waals surface area contributed by atoms with Gasteiger partial charge in [0.1, 0.15) is 95.1 Å². The van der Waals surface area contributed by atoms with Gasteiger partial charge in [-0.1, -0.05) is 147 Å². The number of halogens is 1. The van der Waals surface area contributed by atoms with E-state index in [1.165, 1.54) is 72.9 Å². The van der Waals surface area contributed by atoms with Crippen molar-refractivity contribution < 1.29 is 128 Å². The van der Waals surface area contributed by atoms with Gasteiger partial charge < -0.3 is 120 Å². The molecule has 12 atom stereocenters. The van der Waals surface area contributed by atoms with Crippen LogP contribution in [0, 0.1) is 0 Å². The lowest BCUT2D eigenvalue weighted by atomic mass is 9.72. The first-order valence-corrected chi connectivity index (χ1v) is 44.9. The molecule has 10 aromatic rings. The minimum Gasteiger partial charge on any atom is -0.508 e. The van der Waals surface area contributed by atoms with E-state index in [9.17, 15) is 90.0 Å². The van der Waals surface area contributed by atoms with Gasteiger partial charge in [0.15, 0.2) is 35.7 Å². The van der Waals surface area contributed by atoms with Crippen LogP contribution in [0.25, 0.3) is 22.3 Å². The normalized spacial score (nSPS) is 22.1. The van der Waals surface area contributed by atoms with Crippen molar-refractivity contribution in [2.75, 3.05) is 81.9 Å². The lowest BCUT2D eigenvalue weighted by molar-refractivity contribution is -0.247. The number of methoxy groups -OCH3 is 2. The van der Waals surface area contributed by atoms with E-state index in [0.29, 0.717) is 13.2 Å². The minimum absolute atomic E-state index is 0. The van der Waals surface area contributed by atoms with Crippen LogP contribution in [0.1, 0.15) is 198 Å². The Morgan fingerprint density at radius 2 is 0.774 bits per heavy atom. The van der Waals surface area contributed by atoms with Gasteiger partial charge in [-0.2, -0.15) is 0 Å². The van der Waals surface area contributed by atoms with Crippen LogP contribution in [0.5, 0.6) is 57.5 Å². The molecule has 0 bridgehead atoms. The molecular weight excluding hydrogens is 1780 g/mol. The summed E-state index contributed by atoms with van der Waals surface area (Å²) in [6.07, 6.45) is -8.48. The van der Waals surface area contributed by atoms with Gasteiger partial charge in [0.05, 0.1) is 84.2 Å². The van der Waals surface area contributed by atoms with Crippen LogP contribution in [-0.4, -0.2) is 248 Å². The molecule has 4 aliphatic carbocycles. The first-order chi connectivity index (χ1) is 65.0. The maximum absolute atomic E-state index is 13.6. The highest BCUT2D eigenvalue weighted by molar-refractivity contribution is 6.32. The summed E-state index contributed by atoms with van der Waals surface area (Å²) in [6.45, 7) is 8.54. The Balaban J connectivity index is 0.000000165. The number of ketones is 6. The second-order valence-corrected chi connectivity index (χ2v) is 34.9. The van der Waals surface area contributed by atoms with E-state index in [2.05, 4.69) is 109 Å². The fraction of sp³-hybridized carbons (Fsp3) is 0.340. The van der Waals surface area contributed by atoms with Crippen LogP contribution in [0.2, 0.25) is 0 Å². The number of rotatable bonds is 26. The van der Waals surface area contributed by atoms with E-state index in [0.717, 1.165) is 70.8 Å². The molecule has 2 aliphatic heterocycles. The summed E-state index contributed by atoms with van der Waals surface area (Å²) in [6, 6.07) is 59.6. The number of likely N-dealkylation sites (N-methyl/N-ethyl adjacent to an activating group) is 2. The van der Waals surface area contributed by atoms with E-state index in [-0.39, 0.29) is 92.8 Å². The van der Waals surface area contributed by atoms with Crippen molar-refractivity contribution in [1.82, 2.24) is 9.80 Å². The molecule has 0 spiro atoms. The second kappa shape index (κ2) is 44.7. The number of Topliss-reactive ketones (excluding diaryl/α,β-unsaturated/α-hetero) is 2. The van der Waals surface area contributed by atoms with Gasteiger partial charge in [-0.15, -0.1) is 12.4 Å². The predicted molar refractivity (Wildman–Crippen MR) is 513 cm³/mol. The molecule has 4 unspecified atom stereocenters. The highest BCUT2D eigenvalue weighted by Crippen LogP contribution is 2.56. The van der Waals surface area contributed by atoms with Crippen molar-refractivity contribution in [1.29, 1.82) is 0 Å². The van der Waals surface area contributed by atoms with Gasteiger partial charge in [0, 0.05) is 97.1 Å². The Labute approximate surface area is 799 Å². The Kier molecular flexibility index (Phi) is 33.7. The molecular formula is C106H117ClN4O26. The van der Waals surface area contributed by atoms with Crippen molar-refractivity contribution in [3.63, 3.8) is 0 Å². The monoisotopic (exact) mass is 1900 g/mol. The number of aliphatic hydroxyl groups excluding tert-OH is 4. The lowest BCUT2D eigenvalue weighted by Gasteiger charge is -2.42. The van der Waals surface area contributed by atoms with Gasteiger partial charge >= 0.3 is 0 Å². The molecule has 2 fully saturated rings. The summed E-state index contributed by atoms with van der Waals surface area (Å²) in [5.41, 5.74) is 16.1. The van der Waals surface area contributed by atoms with Gasteiger partial charge in [0.2, 0.25) is 11.6 Å². The van der Waals surface area contributed by atoms with Crippen molar-refractivity contribution >= 4 is 69.4 Å². The number of carbonyl (C=O) groups excluding carboxylic acids is 6. The molecule has 0 aromatic heterocycles. The van der Waals surface area contributed by atoms with Crippen molar-refractivity contribution in [2.24, 2.45) is 11.5 Å². The highest BCUT2D eigenvalue weighted by Gasteiger charge is 2.53. The fourth-order valence-corrected chi connectivity index (χ4v) is 18.3. The number of fused-ring (bicyclic) bond motifs is 6. The molecule has 2 saturated heterocycles. The molecule has 137 heavy (non-hydrogen) atoms. The third-order valence-corrected chi connectivity index (χ3v) is 25.3. The number of allylic oxidation sites excluding steroid dienone is 2. The molecule has 30 nitrogen and oxygen atoms in total. The summed E-state index contributed by atoms with van der Waals surface area (Å²) in [4.78, 5) is 83.7. The molecule has 31 heteroatoms. The highest BCUT2D eigenvalue weighted by atomic mass is 35.5. The number of hydrogen-bond acceptors (Lipinski definition) is 30. The Bertz CT molecular complexity index is 5760. The summed E-state index contributed by atoms with van der Waals surface area (Å²) >= 11 is 0. The number of ether oxygens (including phenoxy) is 8. The molecule has 0 radical (unpaired) electrons. The summed E-state index contributed by atoms with van der Waals surface area (Å²) in [5, 5.41) is 128. The quantitative estimate of drug-likeness (QED) is 0.0177. The van der Waals surface area contributed by atoms with E-state index in [1.807, 2.05) is 88.9 Å². The smallest absolute Gasteiger partial charge is 0.202 e. The maximum atomic E-state index is 13.6. The van der Waals surface area contributed by atoms with E-state index in [4.69, 9.17) is 49.4 Å². The SMILES string of the molecule is CC/C(=C(/c1ccc(OCCN(C)C)cc1)c1cccc(O)c1)c1ccccc1.CC/C(=C(/c1ccc(OCCN(C)C)cc1)c1cccc(O)c1)c1ccccc1.COc1cccc2c1C(=O)c1c(O)c3c(c(O)c1C2=O)C[C@@](O)(C(=O)CO)C[C@@H]3OC1CC(N)C(O)C(C)O1.COc1cccc2c1C(=O)c1c(O)c3c(c(O)c1C2=O)C[C@@](O)(C(=O)CO)C[C@@H]3O[C@H]1C[C@H](N)[C@H](O)[C@H](C)O1.Cl. The lowest BCUT2D eigenvalue weighted by Crippen LogP contribution is -2.53. The van der Waals surface area contributed by atoms with Crippen LogP contribution < -0.4 is 30.4 Å². The number of phenolic OH excluding ortho intramolecular Hbond substituents is 6. The molecule has 0 saturated carbocycles. The Morgan fingerprint density at radius 3 is 1.09 bits per heavy atom. The molecule has 0 amide bonds. The molecule has 6 aliphatic rings. The van der Waals surface area contributed by atoms with Crippen LogP contribution in [0.15, 0.2) is 194 Å². The standard InChI is InChI=1S/2C27H29NO11.2C26H29NO2.ClH/c2*1-10-22(31)13(28)6-17(38-10)39-15-8-27(36,16(30)9-29)7-12-19(15)26(35)21-20(24(12)33)23(32)11-4-3-5-14(37-2)18(11)25(21)34;2*1-4-25(20-9-6-5-7-10-20)26(22-11-8-12-23(28)19-22)21-13-15-24(16-14-21)29-18-17-27(2)3;/h2*3-5,10,13,15,17,22,29,31,33,35-36H,6-9,28H2,1-2H3;2*5-16,19,28H,4,17-18H2,1-3H3;1H/b;;2*26-25+;/t10?,13?,15-,17?,22?,27-;10-,13-,15-,17-,22+,27-;;;/m00.../s1. The van der Waals surface area contributed by atoms with Gasteiger partial charge in [0.25, 0.3) is 0 Å². The largest absolute Gasteiger partial charge is 0.508 e. The van der Waals surface area contributed by atoms with Crippen molar-refractivity contribution in [2.45, 2.75) is 152 Å². The summed E-state index contributed by atoms with van der Waals surface area (Å²) in [5.74, 6) is -5.28. The van der Waals surface area contributed by atoms with Crippen LogP contribution in [0.4, 0.5) is 0 Å². The predicted octanol–water partition coefficient (Wildman–Crippen LogP) is 11.8. The average Bonchev–Trinajstić information content (AvgIpc) is 0.712. The molecule has 2 heterocycles. The maximum Gasteiger partial charge on any atom is 0.202 e. The third kappa shape index (κ3) is 22.0. The van der Waals surface area contributed by atoms with Crippen LogP contribution in [-0.2, 0) is 41.4 Å². The zero-order valence-electron chi connectivity index (χ0n) is 77.7. The number of nitrogens with two attached hydrogens (primary N) is 2. The molecule has 16 rings (SSSR count). The van der Waals surface area contributed by atoms with Gasteiger partial charge in [-0.25, -0.2) is 0 Å². The summed E-state index contributed by atoms with van der Waals surface area (Å²) < 4.78 is 45.7. The number of nitrogens with zero attached hydrogens (tertiary/aromatic N) is 2. The fourth-order valence-electron chi connectivity index (χ4n) is 18.3. The number of benzene rings is 10. The van der Waals surface area contributed by atoms with Gasteiger partial charge in [-0.05, 0) is 171 Å². The number of hydrogen-bond donors (Lipinski definition) is 14. The van der Waals surface area contributed by atoms with Crippen molar-refractivity contribution in [3.05, 3.63) is 294 Å². The third-order valence-electron chi connectivity index (χ3n) is 25.3. The Morgan fingerprint density at radius 1 is 0.438 bits per heavy atom. The zero-order chi connectivity index (χ0) is 98.1. The second-order valence-electron chi connectivity index (χ2n) is 34.9. The van der Waals surface area contributed by atoms with Gasteiger partial charge in [-0.3, -0.25) is 28.8 Å². The van der Waals surface area contributed by atoms with E-state index < -0.39 is 191 Å². The van der Waals surface area contributed by atoms with E-state index >= 15 is 0 Å². The number of carbonyl (C=O) groups is 6. The topological polar surface area (TPSA) is 478 Å². The Hall–Kier alpha value is -12.6. The van der Waals surface area contributed by atoms with Crippen LogP contribution in [0.3, 0.4) is 0 Å². The molecule has 724 valence electrons. The van der Waals surface area contributed by atoms with Crippen molar-refractivity contribution in [3.8, 4) is 57.5 Å². The number of aliphatic hydroxyl groups is 6. The van der Waals surface area contributed by atoms with E-state index in [1.54, 1.807) is 26.0 Å².